The van der Waals surface area contributed by atoms with E-state index >= 15 is 0 Å². The molecule has 0 aromatic rings. The lowest BCUT2D eigenvalue weighted by atomic mass is 9.62. The van der Waals surface area contributed by atoms with Crippen LogP contribution < -0.4 is 5.32 Å². The van der Waals surface area contributed by atoms with E-state index < -0.39 is 0 Å². The molecule has 86 valence electrons. The first-order chi connectivity index (χ1) is 7.09. The summed E-state index contributed by atoms with van der Waals surface area (Å²) in [5, 5.41) is 15.3. The van der Waals surface area contributed by atoms with Crippen LogP contribution in [0.4, 0.5) is 0 Å². The molecular formula is C10H18N2O2S. The third-order valence-corrected chi connectivity index (χ3v) is 3.99. The highest BCUT2D eigenvalue weighted by Gasteiger charge is 2.46. The molecule has 0 aromatic carbocycles. The summed E-state index contributed by atoms with van der Waals surface area (Å²) in [6.45, 7) is 2.08. The largest absolute Gasteiger partial charge is 0.410 e. The lowest BCUT2D eigenvalue weighted by molar-refractivity contribution is -0.127. The third kappa shape index (κ3) is 2.27. The predicted molar refractivity (Wildman–Crippen MR) is 62.3 cm³/mol. The molecule has 0 spiro atoms. The van der Waals surface area contributed by atoms with Gasteiger partial charge in [-0.2, -0.15) is 0 Å². The van der Waals surface area contributed by atoms with Gasteiger partial charge in [-0.1, -0.05) is 18.5 Å². The zero-order valence-electron chi connectivity index (χ0n) is 9.41. The first-order valence-corrected chi connectivity index (χ1v) is 6.29. The van der Waals surface area contributed by atoms with Crippen molar-refractivity contribution < 1.29 is 10.0 Å². The van der Waals surface area contributed by atoms with Crippen molar-refractivity contribution in [3.8, 4) is 0 Å². The minimum absolute atomic E-state index is 0.0370. The first kappa shape index (κ1) is 12.4. The number of nitrogens with zero attached hydrogens (tertiary/aromatic N) is 1. The summed E-state index contributed by atoms with van der Waals surface area (Å²) < 4.78 is 0. The zero-order chi connectivity index (χ0) is 11.5. The molecule has 1 saturated carbocycles. The van der Waals surface area contributed by atoms with Crippen LogP contribution in [0.15, 0.2) is 5.16 Å². The number of amides is 1. The average molecular weight is 230 g/mol. The van der Waals surface area contributed by atoms with Gasteiger partial charge in [-0.15, -0.1) is 11.8 Å². The van der Waals surface area contributed by atoms with Crippen molar-refractivity contribution in [2.75, 3.05) is 13.3 Å². The molecule has 1 unspecified atom stereocenters. The molecule has 5 heteroatoms. The Kier molecular flexibility index (Phi) is 4.02. The molecule has 1 fully saturated rings. The number of carbonyl (C=O) groups is 1. The highest BCUT2D eigenvalue weighted by molar-refractivity contribution is 8.13. The van der Waals surface area contributed by atoms with Crippen LogP contribution in [0.2, 0.25) is 0 Å². The highest BCUT2D eigenvalue weighted by Crippen LogP contribution is 2.48. The van der Waals surface area contributed by atoms with Crippen molar-refractivity contribution in [2.24, 2.45) is 16.5 Å². The van der Waals surface area contributed by atoms with E-state index in [0.29, 0.717) is 5.04 Å². The maximum absolute atomic E-state index is 11.8. The highest BCUT2D eigenvalue weighted by atomic mass is 32.2. The van der Waals surface area contributed by atoms with Crippen molar-refractivity contribution in [1.29, 1.82) is 0 Å². The molecule has 0 heterocycles. The second kappa shape index (κ2) is 4.88. The second-order valence-electron chi connectivity index (χ2n) is 4.20. The number of hydrogen-bond donors (Lipinski definition) is 2. The topological polar surface area (TPSA) is 61.7 Å². The van der Waals surface area contributed by atoms with Gasteiger partial charge in [0, 0.05) is 7.05 Å². The SMILES string of the molecule is CNC(=O)C(C(=NO)SC)C1(C)CCC1. The predicted octanol–water partition coefficient (Wildman–Crippen LogP) is 1.69. The van der Waals surface area contributed by atoms with Crippen LogP contribution >= 0.6 is 11.8 Å². The number of hydrogen-bond acceptors (Lipinski definition) is 4. The average Bonchev–Trinajstić information content (AvgIpc) is 2.21. The van der Waals surface area contributed by atoms with Gasteiger partial charge in [-0.25, -0.2) is 0 Å². The molecule has 0 bridgehead atoms. The molecule has 1 aliphatic rings. The summed E-state index contributed by atoms with van der Waals surface area (Å²) in [6, 6.07) is 0. The van der Waals surface area contributed by atoms with Crippen molar-refractivity contribution >= 4 is 22.7 Å². The summed E-state index contributed by atoms with van der Waals surface area (Å²) in [5.41, 5.74) is -0.0370. The monoisotopic (exact) mass is 230 g/mol. The Bertz CT molecular complexity index is 275. The van der Waals surface area contributed by atoms with Crippen LogP contribution in [-0.2, 0) is 4.79 Å². The van der Waals surface area contributed by atoms with Crippen LogP contribution in [0.5, 0.6) is 0 Å². The molecular weight excluding hydrogens is 212 g/mol. The normalized spacial score (nSPS) is 21.7. The Hall–Kier alpha value is -0.710. The molecule has 0 aromatic heterocycles. The van der Waals surface area contributed by atoms with Crippen LogP contribution in [0.3, 0.4) is 0 Å². The molecule has 0 radical (unpaired) electrons. The van der Waals surface area contributed by atoms with Crippen molar-refractivity contribution in [2.45, 2.75) is 26.2 Å². The van der Waals surface area contributed by atoms with E-state index in [4.69, 9.17) is 5.21 Å². The number of nitrogens with one attached hydrogen (secondary N) is 1. The molecule has 1 rings (SSSR count). The minimum atomic E-state index is -0.309. The summed E-state index contributed by atoms with van der Waals surface area (Å²) in [6.07, 6.45) is 5.01. The smallest absolute Gasteiger partial charge is 0.230 e. The van der Waals surface area contributed by atoms with Gasteiger partial charge in [0.05, 0.1) is 5.92 Å². The van der Waals surface area contributed by atoms with Crippen LogP contribution in [-0.4, -0.2) is 29.5 Å². The van der Waals surface area contributed by atoms with Gasteiger partial charge in [-0.3, -0.25) is 4.79 Å². The summed E-state index contributed by atoms with van der Waals surface area (Å²) >= 11 is 1.34. The number of thioether (sulfide) groups is 1. The summed E-state index contributed by atoms with van der Waals surface area (Å²) in [7, 11) is 1.62. The van der Waals surface area contributed by atoms with Gasteiger partial charge < -0.3 is 10.5 Å². The Labute approximate surface area is 94.5 Å². The molecule has 0 aliphatic heterocycles. The van der Waals surface area contributed by atoms with Gasteiger partial charge in [0.2, 0.25) is 5.91 Å². The fourth-order valence-corrected chi connectivity index (χ4v) is 2.82. The Morgan fingerprint density at radius 3 is 2.47 bits per heavy atom. The lowest BCUT2D eigenvalue weighted by Gasteiger charge is -2.43. The minimum Gasteiger partial charge on any atom is -0.410 e. The first-order valence-electron chi connectivity index (χ1n) is 5.06. The molecule has 4 nitrogen and oxygen atoms in total. The summed E-state index contributed by atoms with van der Waals surface area (Å²) in [5.74, 6) is -0.365. The van der Waals surface area contributed by atoms with Crippen LogP contribution in [0.1, 0.15) is 26.2 Å². The van der Waals surface area contributed by atoms with E-state index in [1.807, 2.05) is 6.26 Å². The molecule has 1 amide bonds. The van der Waals surface area contributed by atoms with Gasteiger partial charge in [0.1, 0.15) is 5.04 Å². The lowest BCUT2D eigenvalue weighted by Crippen LogP contribution is -2.46. The maximum atomic E-state index is 11.8. The standard InChI is InChI=1S/C10H18N2O2S/c1-10(5-4-6-10)7(8(13)11-2)9(12-14)15-3/h7,14H,4-6H2,1-3H3,(H,11,13). The van der Waals surface area contributed by atoms with Gasteiger partial charge in [0.25, 0.3) is 0 Å². The second-order valence-corrected chi connectivity index (χ2v) is 5.02. The number of rotatable bonds is 3. The zero-order valence-corrected chi connectivity index (χ0v) is 10.2. The molecule has 0 saturated heterocycles. The summed E-state index contributed by atoms with van der Waals surface area (Å²) in [4.78, 5) is 11.8. The van der Waals surface area contributed by atoms with Crippen molar-refractivity contribution in [3.63, 3.8) is 0 Å². The van der Waals surface area contributed by atoms with Gasteiger partial charge >= 0.3 is 0 Å². The van der Waals surface area contributed by atoms with Crippen LogP contribution in [0, 0.1) is 11.3 Å². The van der Waals surface area contributed by atoms with Gasteiger partial charge in [-0.05, 0) is 24.5 Å². The van der Waals surface area contributed by atoms with E-state index in [-0.39, 0.29) is 17.2 Å². The third-order valence-electron chi connectivity index (χ3n) is 3.26. The van der Waals surface area contributed by atoms with Crippen molar-refractivity contribution in [3.05, 3.63) is 0 Å². The van der Waals surface area contributed by atoms with Crippen LogP contribution in [0.25, 0.3) is 0 Å². The van der Waals surface area contributed by atoms with E-state index in [9.17, 15) is 4.79 Å². The Morgan fingerprint density at radius 2 is 2.20 bits per heavy atom. The fraction of sp³-hybridized carbons (Fsp3) is 0.800. The molecule has 1 aliphatic carbocycles. The van der Waals surface area contributed by atoms with E-state index in [2.05, 4.69) is 17.4 Å². The molecule has 1 atom stereocenters. The molecule has 15 heavy (non-hydrogen) atoms. The van der Waals surface area contributed by atoms with E-state index in [0.717, 1.165) is 19.3 Å². The maximum Gasteiger partial charge on any atom is 0.230 e. The van der Waals surface area contributed by atoms with Crippen molar-refractivity contribution in [1.82, 2.24) is 5.32 Å². The Balaban J connectivity index is 2.92. The Morgan fingerprint density at radius 1 is 1.60 bits per heavy atom. The fourth-order valence-electron chi connectivity index (χ4n) is 2.11. The van der Waals surface area contributed by atoms with E-state index in [1.165, 1.54) is 11.8 Å². The number of carbonyl (C=O) groups excluding carboxylic acids is 1. The number of oxime groups is 1. The quantitative estimate of drug-likeness (QED) is 0.336. The van der Waals surface area contributed by atoms with Gasteiger partial charge in [0.15, 0.2) is 0 Å². The van der Waals surface area contributed by atoms with E-state index in [1.54, 1.807) is 7.05 Å². The molecule has 2 N–H and O–H groups in total.